The molecule has 0 radical (unpaired) electrons. The molecule has 1 rings (SSSR count). The molecule has 1 N–H and O–H groups in total. The molecule has 170 valence electrons. The third-order valence-corrected chi connectivity index (χ3v) is 6.04. The van der Waals surface area contributed by atoms with Gasteiger partial charge in [-0.3, -0.25) is 0 Å². The molecule has 0 aliphatic rings. The lowest BCUT2D eigenvalue weighted by Crippen LogP contribution is -2.38. The molecule has 0 bridgehead atoms. The minimum absolute atomic E-state index is 0.0575. The molecule has 0 fully saturated rings. The van der Waals surface area contributed by atoms with Crippen molar-refractivity contribution in [1.82, 2.24) is 4.72 Å². The van der Waals surface area contributed by atoms with Crippen LogP contribution in [-0.2, 0) is 24.3 Å². The molecule has 6 nitrogen and oxygen atoms in total. The molecule has 0 aromatic heterocycles. The number of rotatable bonds is 15. The van der Waals surface area contributed by atoms with Crippen LogP contribution in [-0.4, -0.2) is 46.0 Å². The summed E-state index contributed by atoms with van der Waals surface area (Å²) in [4.78, 5) is 12.2. The van der Waals surface area contributed by atoms with Crippen molar-refractivity contribution in [3.63, 3.8) is 0 Å². The van der Waals surface area contributed by atoms with Gasteiger partial charge in [0, 0.05) is 19.2 Å². The number of nitrogens with one attached hydrogen (secondary N) is 1. The predicted molar refractivity (Wildman–Crippen MR) is 117 cm³/mol. The van der Waals surface area contributed by atoms with E-state index in [0.717, 1.165) is 25.7 Å². The second-order valence-electron chi connectivity index (χ2n) is 7.15. The molecule has 0 saturated heterocycles. The zero-order valence-corrected chi connectivity index (χ0v) is 18.9. The van der Waals surface area contributed by atoms with E-state index in [-0.39, 0.29) is 24.7 Å². The van der Waals surface area contributed by atoms with Crippen molar-refractivity contribution in [3.8, 4) is 0 Å². The van der Waals surface area contributed by atoms with Crippen LogP contribution in [0.3, 0.4) is 0 Å². The summed E-state index contributed by atoms with van der Waals surface area (Å²) in [7, 11) is -3.42. The Morgan fingerprint density at radius 1 is 1.17 bits per heavy atom. The molecule has 0 heterocycles. The van der Waals surface area contributed by atoms with Crippen LogP contribution in [0.1, 0.15) is 52.0 Å². The fraction of sp³-hybridized carbons (Fsp3) is 0.591. The smallest absolute Gasteiger partial charge is 0.331 e. The van der Waals surface area contributed by atoms with Crippen LogP contribution in [0.2, 0.25) is 0 Å². The van der Waals surface area contributed by atoms with Crippen molar-refractivity contribution < 1.29 is 27.1 Å². The second kappa shape index (κ2) is 14.3. The number of carbonyl (C=O) groups is 1. The number of ether oxygens (including phenoxy) is 2. The highest BCUT2D eigenvalue weighted by Crippen LogP contribution is 2.13. The SMILES string of the molecule is CCCCC(CC)COCC(CNS(=O)(=O)CC)OC(=O)C=Cc1ccc(F)cc1. The van der Waals surface area contributed by atoms with Gasteiger partial charge in [0.25, 0.3) is 0 Å². The number of unbranched alkanes of at least 4 members (excludes halogenated alkanes) is 1. The van der Waals surface area contributed by atoms with E-state index in [1.165, 1.54) is 43.3 Å². The van der Waals surface area contributed by atoms with Crippen LogP contribution in [0.5, 0.6) is 0 Å². The van der Waals surface area contributed by atoms with E-state index in [2.05, 4.69) is 18.6 Å². The minimum atomic E-state index is -3.42. The highest BCUT2D eigenvalue weighted by atomic mass is 32.2. The fourth-order valence-electron chi connectivity index (χ4n) is 2.66. The molecule has 0 aliphatic heterocycles. The summed E-state index contributed by atoms with van der Waals surface area (Å²) in [6.07, 6.45) is 6.30. The lowest BCUT2D eigenvalue weighted by atomic mass is 10.0. The van der Waals surface area contributed by atoms with Gasteiger partial charge in [-0.1, -0.05) is 45.2 Å². The van der Waals surface area contributed by atoms with Gasteiger partial charge in [-0.05, 0) is 43.0 Å². The van der Waals surface area contributed by atoms with Gasteiger partial charge >= 0.3 is 5.97 Å². The molecule has 0 amide bonds. The Bertz CT molecular complexity index is 749. The van der Waals surface area contributed by atoms with E-state index in [1.54, 1.807) is 0 Å². The number of sulfonamides is 1. The van der Waals surface area contributed by atoms with E-state index < -0.39 is 22.1 Å². The number of halogens is 1. The molecule has 2 unspecified atom stereocenters. The average Bonchev–Trinajstić information content (AvgIpc) is 2.73. The van der Waals surface area contributed by atoms with Gasteiger partial charge in [0.15, 0.2) is 0 Å². The summed E-state index contributed by atoms with van der Waals surface area (Å²) < 4.78 is 50.0. The van der Waals surface area contributed by atoms with Crippen molar-refractivity contribution in [2.45, 2.75) is 52.6 Å². The van der Waals surface area contributed by atoms with E-state index in [1.807, 2.05) is 0 Å². The Morgan fingerprint density at radius 3 is 2.47 bits per heavy atom. The maximum atomic E-state index is 13.0. The molecule has 2 atom stereocenters. The molecular weight excluding hydrogens is 409 g/mol. The van der Waals surface area contributed by atoms with Crippen LogP contribution in [0.25, 0.3) is 6.08 Å². The topological polar surface area (TPSA) is 81.7 Å². The van der Waals surface area contributed by atoms with Crippen LogP contribution >= 0.6 is 0 Å². The number of benzene rings is 1. The maximum absolute atomic E-state index is 13.0. The third-order valence-electron chi connectivity index (χ3n) is 4.68. The first kappa shape index (κ1) is 26.3. The standard InChI is InChI=1S/C22H34FNO5S/c1-4-7-8-18(5-2)16-28-17-21(15-24-30(26,27)6-3)29-22(25)14-11-19-9-12-20(23)13-10-19/h9-14,18,21,24H,4-8,15-17H2,1-3H3. The molecule has 30 heavy (non-hydrogen) atoms. The number of hydrogen-bond acceptors (Lipinski definition) is 5. The zero-order chi connectivity index (χ0) is 22.4. The monoisotopic (exact) mass is 443 g/mol. The molecule has 1 aromatic carbocycles. The van der Waals surface area contributed by atoms with Gasteiger partial charge in [0.05, 0.1) is 12.4 Å². The van der Waals surface area contributed by atoms with Gasteiger partial charge in [-0.2, -0.15) is 0 Å². The minimum Gasteiger partial charge on any atom is -0.455 e. The second-order valence-corrected chi connectivity index (χ2v) is 9.25. The Kier molecular flexibility index (Phi) is 12.5. The Balaban J connectivity index is 2.64. The van der Waals surface area contributed by atoms with Gasteiger partial charge in [0.2, 0.25) is 10.0 Å². The Labute approximate surface area is 179 Å². The molecular formula is C22H34FNO5S. The van der Waals surface area contributed by atoms with E-state index >= 15 is 0 Å². The number of hydrogen-bond donors (Lipinski definition) is 1. The Hall–Kier alpha value is -1.77. The zero-order valence-electron chi connectivity index (χ0n) is 18.1. The number of esters is 1. The van der Waals surface area contributed by atoms with Gasteiger partial charge < -0.3 is 9.47 Å². The van der Waals surface area contributed by atoms with Crippen LogP contribution in [0, 0.1) is 11.7 Å². The van der Waals surface area contributed by atoms with Gasteiger partial charge in [-0.25, -0.2) is 22.3 Å². The van der Waals surface area contributed by atoms with Crippen molar-refractivity contribution in [1.29, 1.82) is 0 Å². The highest BCUT2D eigenvalue weighted by molar-refractivity contribution is 7.89. The largest absolute Gasteiger partial charge is 0.455 e. The first-order valence-electron chi connectivity index (χ1n) is 10.5. The summed E-state index contributed by atoms with van der Waals surface area (Å²) in [6.45, 7) is 6.36. The Morgan fingerprint density at radius 2 is 1.87 bits per heavy atom. The number of carbonyl (C=O) groups excluding carboxylic acids is 1. The lowest BCUT2D eigenvalue weighted by molar-refractivity contribution is -0.145. The van der Waals surface area contributed by atoms with E-state index in [9.17, 15) is 17.6 Å². The molecule has 8 heteroatoms. The van der Waals surface area contributed by atoms with Crippen molar-refractivity contribution >= 4 is 22.1 Å². The van der Waals surface area contributed by atoms with Crippen molar-refractivity contribution in [2.24, 2.45) is 5.92 Å². The van der Waals surface area contributed by atoms with Gasteiger partial charge in [-0.15, -0.1) is 0 Å². The first-order valence-corrected chi connectivity index (χ1v) is 12.1. The summed E-state index contributed by atoms with van der Waals surface area (Å²) in [5, 5.41) is 0. The summed E-state index contributed by atoms with van der Waals surface area (Å²) in [5.41, 5.74) is 0.648. The normalized spacial score (nSPS) is 14.0. The molecule has 0 aliphatic carbocycles. The quantitative estimate of drug-likeness (QED) is 0.328. The average molecular weight is 444 g/mol. The van der Waals surface area contributed by atoms with Crippen LogP contribution in [0.15, 0.2) is 30.3 Å². The molecule has 0 spiro atoms. The van der Waals surface area contributed by atoms with Crippen molar-refractivity contribution in [2.75, 3.05) is 25.5 Å². The van der Waals surface area contributed by atoms with Crippen LogP contribution in [0.4, 0.5) is 4.39 Å². The summed E-state index contributed by atoms with van der Waals surface area (Å²) >= 11 is 0. The van der Waals surface area contributed by atoms with Crippen LogP contribution < -0.4 is 4.72 Å². The molecule has 1 aromatic rings. The van der Waals surface area contributed by atoms with E-state index in [0.29, 0.717) is 18.1 Å². The van der Waals surface area contributed by atoms with Crippen molar-refractivity contribution in [3.05, 3.63) is 41.7 Å². The summed E-state index contributed by atoms with van der Waals surface area (Å²) in [5.74, 6) is -0.624. The lowest BCUT2D eigenvalue weighted by Gasteiger charge is -2.20. The predicted octanol–water partition coefficient (Wildman–Crippen LogP) is 3.92. The highest BCUT2D eigenvalue weighted by Gasteiger charge is 2.18. The summed E-state index contributed by atoms with van der Waals surface area (Å²) in [6, 6.07) is 5.67. The van der Waals surface area contributed by atoms with Gasteiger partial charge in [0.1, 0.15) is 11.9 Å². The molecule has 0 saturated carbocycles. The maximum Gasteiger partial charge on any atom is 0.331 e. The van der Waals surface area contributed by atoms with E-state index in [4.69, 9.17) is 9.47 Å². The third kappa shape index (κ3) is 11.4. The first-order chi connectivity index (χ1) is 14.3. The fourth-order valence-corrected chi connectivity index (χ4v) is 3.31.